The molecule has 40 heavy (non-hydrogen) atoms. The summed E-state index contributed by atoms with van der Waals surface area (Å²) in [5.41, 5.74) is 6.42. The minimum Gasteiger partial charge on any atom is -0.492 e. The second-order valence-corrected chi connectivity index (χ2v) is 10.3. The Labute approximate surface area is 230 Å². The summed E-state index contributed by atoms with van der Waals surface area (Å²) in [5, 5.41) is 9.35. The molecule has 0 spiro atoms. The number of likely N-dealkylation sites (tertiary alicyclic amines) is 1. The van der Waals surface area contributed by atoms with Crippen molar-refractivity contribution < 1.29 is 9.13 Å². The van der Waals surface area contributed by atoms with Crippen molar-refractivity contribution in [3.05, 3.63) is 66.6 Å². The van der Waals surface area contributed by atoms with Gasteiger partial charge in [-0.05, 0) is 74.3 Å². The summed E-state index contributed by atoms with van der Waals surface area (Å²) in [6.45, 7) is 5.56. The van der Waals surface area contributed by atoms with Crippen molar-refractivity contribution in [2.45, 2.75) is 19.8 Å². The van der Waals surface area contributed by atoms with Gasteiger partial charge >= 0.3 is 0 Å². The van der Waals surface area contributed by atoms with Crippen LogP contribution in [0.5, 0.6) is 5.75 Å². The molecular weight excluding hydrogens is 507 g/mol. The van der Waals surface area contributed by atoms with Crippen molar-refractivity contribution >= 4 is 22.1 Å². The van der Waals surface area contributed by atoms with Gasteiger partial charge in [-0.1, -0.05) is 0 Å². The molecule has 0 unspecified atom stereocenters. The van der Waals surface area contributed by atoms with E-state index in [2.05, 4.69) is 41.1 Å². The first-order valence-corrected chi connectivity index (χ1v) is 13.5. The number of halogens is 1. The van der Waals surface area contributed by atoms with E-state index in [1.54, 1.807) is 6.20 Å². The highest BCUT2D eigenvalue weighted by Gasteiger charge is 2.17. The normalized spacial score (nSPS) is 14.1. The number of pyridine rings is 2. The molecule has 2 N–H and O–H groups in total. The summed E-state index contributed by atoms with van der Waals surface area (Å²) < 4.78 is 22.7. The largest absolute Gasteiger partial charge is 0.492 e. The average molecular weight is 537 g/mol. The van der Waals surface area contributed by atoms with Crippen molar-refractivity contribution in [2.24, 2.45) is 7.05 Å². The number of benzene rings is 1. The van der Waals surface area contributed by atoms with E-state index in [1.807, 2.05) is 49.1 Å². The first-order valence-electron chi connectivity index (χ1n) is 13.5. The van der Waals surface area contributed by atoms with E-state index in [0.29, 0.717) is 23.7 Å². The van der Waals surface area contributed by atoms with Crippen LogP contribution in [-0.4, -0.2) is 65.8 Å². The van der Waals surface area contributed by atoms with E-state index in [0.717, 1.165) is 70.0 Å². The van der Waals surface area contributed by atoms with Crippen LogP contribution in [0.3, 0.4) is 0 Å². The first kappa shape index (κ1) is 24.5. The summed E-state index contributed by atoms with van der Waals surface area (Å²) in [7, 11) is 1.99. The zero-order valence-corrected chi connectivity index (χ0v) is 22.4. The van der Waals surface area contributed by atoms with Crippen LogP contribution < -0.4 is 4.74 Å². The van der Waals surface area contributed by atoms with Crippen LogP contribution in [0.15, 0.2) is 55.0 Å². The van der Waals surface area contributed by atoms with E-state index in [9.17, 15) is 4.39 Å². The zero-order valence-electron chi connectivity index (χ0n) is 22.4. The molecule has 202 valence electrons. The van der Waals surface area contributed by atoms with Gasteiger partial charge in [-0.25, -0.2) is 19.3 Å². The SMILES string of the molecule is Cc1ncc(-c2cnc3[nH]nc(-c4cc5c(-c6cc(F)cc(OCCN7CCCC7)c6)ccnc5[nH]4)c3c2)n1C. The van der Waals surface area contributed by atoms with Gasteiger partial charge in [0.05, 0.1) is 17.6 Å². The lowest BCUT2D eigenvalue weighted by Crippen LogP contribution is -2.25. The van der Waals surface area contributed by atoms with Gasteiger partial charge in [-0.2, -0.15) is 5.10 Å². The van der Waals surface area contributed by atoms with Crippen molar-refractivity contribution in [1.82, 2.24) is 39.6 Å². The highest BCUT2D eigenvalue weighted by Crippen LogP contribution is 2.35. The van der Waals surface area contributed by atoms with Gasteiger partial charge in [0.25, 0.3) is 0 Å². The molecule has 1 aliphatic heterocycles. The van der Waals surface area contributed by atoms with Crippen molar-refractivity contribution in [3.8, 4) is 39.5 Å². The van der Waals surface area contributed by atoms with Gasteiger partial charge in [-0.3, -0.25) is 10.00 Å². The molecule has 5 aromatic heterocycles. The number of ether oxygens (including phenoxy) is 1. The Balaban J connectivity index is 1.23. The molecule has 1 aliphatic rings. The molecule has 9 nitrogen and oxygen atoms in total. The summed E-state index contributed by atoms with van der Waals surface area (Å²) in [4.78, 5) is 19.3. The van der Waals surface area contributed by atoms with Gasteiger partial charge in [0.2, 0.25) is 0 Å². The lowest BCUT2D eigenvalue weighted by atomic mass is 10.0. The van der Waals surface area contributed by atoms with Crippen molar-refractivity contribution in [2.75, 3.05) is 26.2 Å². The molecule has 7 rings (SSSR count). The number of hydrogen-bond acceptors (Lipinski definition) is 6. The minimum atomic E-state index is -0.336. The lowest BCUT2D eigenvalue weighted by Gasteiger charge is -2.15. The van der Waals surface area contributed by atoms with Gasteiger partial charge in [0.15, 0.2) is 5.65 Å². The third-order valence-electron chi connectivity index (χ3n) is 7.78. The Morgan fingerprint density at radius 2 is 1.82 bits per heavy atom. The Morgan fingerprint density at radius 1 is 0.950 bits per heavy atom. The number of hydrogen-bond donors (Lipinski definition) is 2. The fourth-order valence-electron chi connectivity index (χ4n) is 5.53. The van der Waals surface area contributed by atoms with E-state index in [4.69, 9.17) is 4.74 Å². The van der Waals surface area contributed by atoms with Gasteiger partial charge in [0.1, 0.15) is 35.3 Å². The van der Waals surface area contributed by atoms with Gasteiger partial charge < -0.3 is 14.3 Å². The molecule has 1 fully saturated rings. The molecule has 0 radical (unpaired) electrons. The molecule has 1 saturated heterocycles. The Kier molecular flexibility index (Phi) is 6.04. The monoisotopic (exact) mass is 536 g/mol. The summed E-state index contributed by atoms with van der Waals surface area (Å²) in [6.07, 6.45) is 7.86. The third kappa shape index (κ3) is 4.40. The third-order valence-corrected chi connectivity index (χ3v) is 7.78. The number of H-pyrrole nitrogens is 2. The van der Waals surface area contributed by atoms with Gasteiger partial charge in [0, 0.05) is 48.4 Å². The molecule has 1 aromatic carbocycles. The predicted molar refractivity (Wildman–Crippen MR) is 152 cm³/mol. The maximum absolute atomic E-state index is 14.7. The number of nitrogens with zero attached hydrogens (tertiary/aromatic N) is 6. The number of rotatable bonds is 7. The second kappa shape index (κ2) is 9.87. The summed E-state index contributed by atoms with van der Waals surface area (Å²) in [5.74, 6) is 1.11. The topological polar surface area (TPSA) is 101 Å². The highest BCUT2D eigenvalue weighted by molar-refractivity contribution is 5.99. The Hall–Kier alpha value is -4.57. The molecule has 0 aliphatic carbocycles. The maximum atomic E-state index is 14.7. The number of fused-ring (bicyclic) bond motifs is 2. The molecule has 6 heterocycles. The van der Waals surface area contributed by atoms with E-state index < -0.39 is 0 Å². The number of nitrogens with one attached hydrogen (secondary N) is 2. The molecule has 6 aromatic rings. The van der Waals surface area contributed by atoms with Crippen molar-refractivity contribution in [1.29, 1.82) is 0 Å². The fraction of sp³-hybridized carbons (Fsp3) is 0.267. The van der Waals surface area contributed by atoms with Crippen molar-refractivity contribution in [3.63, 3.8) is 0 Å². The predicted octanol–water partition coefficient (Wildman–Crippen LogP) is 5.49. The van der Waals surface area contributed by atoms with Crippen LogP contribution in [0.4, 0.5) is 4.39 Å². The van der Waals surface area contributed by atoms with Crippen LogP contribution in [0.2, 0.25) is 0 Å². The second-order valence-electron chi connectivity index (χ2n) is 10.3. The fourth-order valence-corrected chi connectivity index (χ4v) is 5.53. The van der Waals surface area contributed by atoms with E-state index in [-0.39, 0.29) is 5.82 Å². The smallest absolute Gasteiger partial charge is 0.155 e. The molecule has 0 atom stereocenters. The van der Waals surface area contributed by atoms with Crippen LogP contribution in [0.1, 0.15) is 18.7 Å². The lowest BCUT2D eigenvalue weighted by molar-refractivity contribution is 0.237. The average Bonchev–Trinajstić information content (AvgIpc) is 3.75. The number of aryl methyl sites for hydroxylation is 1. The van der Waals surface area contributed by atoms with Gasteiger partial charge in [-0.15, -0.1) is 0 Å². The molecule has 0 amide bonds. The Bertz CT molecular complexity index is 1850. The van der Waals surface area contributed by atoms with E-state index >= 15 is 0 Å². The van der Waals surface area contributed by atoms with Crippen LogP contribution in [0.25, 0.3) is 55.8 Å². The van der Waals surface area contributed by atoms with Crippen LogP contribution in [0, 0.1) is 12.7 Å². The minimum absolute atomic E-state index is 0.336. The zero-order chi connectivity index (χ0) is 27.2. The molecular formula is C30H29FN8O. The number of aromatic nitrogens is 7. The summed E-state index contributed by atoms with van der Waals surface area (Å²) in [6, 6.07) is 10.8. The van der Waals surface area contributed by atoms with Crippen LogP contribution >= 0.6 is 0 Å². The standard InChI is InChI=1S/C30H29FN8O/c1-18-33-17-27(38(18)2)20-13-25-28(36-37-30(25)34-16-20)26-15-24-23(5-6-32-29(24)35-26)19-11-21(31)14-22(12-19)40-10-9-39-7-3-4-8-39/h5-6,11-17H,3-4,7-10H2,1-2H3,(H,32,35)(H,34,36,37). The molecule has 0 bridgehead atoms. The quantitative estimate of drug-likeness (QED) is 0.280. The molecule has 10 heteroatoms. The first-order chi connectivity index (χ1) is 19.5. The number of imidazole rings is 1. The van der Waals surface area contributed by atoms with E-state index in [1.165, 1.54) is 25.0 Å². The Morgan fingerprint density at radius 3 is 2.65 bits per heavy atom. The molecule has 0 saturated carbocycles. The number of aromatic amines is 2. The maximum Gasteiger partial charge on any atom is 0.155 e. The van der Waals surface area contributed by atoms with Crippen LogP contribution in [-0.2, 0) is 7.05 Å². The summed E-state index contributed by atoms with van der Waals surface area (Å²) >= 11 is 0. The highest BCUT2D eigenvalue weighted by atomic mass is 19.1.